The van der Waals surface area contributed by atoms with Crippen LogP contribution in [-0.2, 0) is 5.41 Å². The van der Waals surface area contributed by atoms with Crippen molar-refractivity contribution in [2.75, 3.05) is 0 Å². The second-order valence-electron chi connectivity index (χ2n) is 7.55. The average molecular weight is 310 g/mol. The Balaban J connectivity index is 1.91. The molecule has 0 N–H and O–H groups in total. The minimum Gasteiger partial charge on any atom is -0.0616 e. The summed E-state index contributed by atoms with van der Waals surface area (Å²) in [6.45, 7) is 6.77. The maximum absolute atomic E-state index is 2.32. The van der Waals surface area contributed by atoms with Crippen molar-refractivity contribution in [3.05, 3.63) is 84.4 Å². The zero-order valence-corrected chi connectivity index (χ0v) is 14.5. The Kier molecular flexibility index (Phi) is 3.42. The van der Waals surface area contributed by atoms with Crippen LogP contribution < -0.4 is 0 Å². The maximum atomic E-state index is 2.32. The average Bonchev–Trinajstić information content (AvgIpc) is 2.59. The summed E-state index contributed by atoms with van der Waals surface area (Å²) >= 11 is 0. The molecule has 118 valence electrons. The lowest BCUT2D eigenvalue weighted by molar-refractivity contribution is 0.590. The summed E-state index contributed by atoms with van der Waals surface area (Å²) in [7, 11) is 0. The molecule has 4 aromatic rings. The van der Waals surface area contributed by atoms with E-state index in [1.807, 2.05) is 0 Å². The highest BCUT2D eigenvalue weighted by atomic mass is 14.2. The number of fused-ring (bicyclic) bond motifs is 2. The Labute approximate surface area is 143 Å². The third kappa shape index (κ3) is 2.59. The molecular weight excluding hydrogens is 288 g/mol. The molecule has 0 heterocycles. The Morgan fingerprint density at radius 1 is 0.583 bits per heavy atom. The zero-order chi connectivity index (χ0) is 16.7. The lowest BCUT2D eigenvalue weighted by atomic mass is 9.86. The van der Waals surface area contributed by atoms with Crippen LogP contribution in [0.5, 0.6) is 0 Å². The van der Waals surface area contributed by atoms with Crippen LogP contribution in [0.4, 0.5) is 0 Å². The third-order valence-corrected chi connectivity index (χ3v) is 4.81. The lowest BCUT2D eigenvalue weighted by Gasteiger charge is -2.19. The first kappa shape index (κ1) is 15.0. The van der Waals surface area contributed by atoms with Gasteiger partial charge in [-0.3, -0.25) is 0 Å². The molecule has 0 aliphatic carbocycles. The fourth-order valence-corrected chi connectivity index (χ4v) is 3.37. The monoisotopic (exact) mass is 310 g/mol. The molecule has 4 rings (SSSR count). The standard InChI is InChI=1S/C24H22/c1-24(2,3)21-13-11-17(12-14-21)22-10-6-9-20-15-18-7-4-5-8-19(18)16-23(20)22/h4-16H,1-3H3. The third-order valence-electron chi connectivity index (χ3n) is 4.81. The van der Waals surface area contributed by atoms with Gasteiger partial charge in [0.15, 0.2) is 0 Å². The Morgan fingerprint density at radius 2 is 1.21 bits per heavy atom. The minimum atomic E-state index is 0.188. The van der Waals surface area contributed by atoms with Gasteiger partial charge in [-0.15, -0.1) is 0 Å². The van der Waals surface area contributed by atoms with Gasteiger partial charge < -0.3 is 0 Å². The van der Waals surface area contributed by atoms with Crippen molar-refractivity contribution in [2.45, 2.75) is 26.2 Å². The van der Waals surface area contributed by atoms with Crippen molar-refractivity contribution in [3.63, 3.8) is 0 Å². The number of hydrogen-bond acceptors (Lipinski definition) is 0. The normalized spacial score (nSPS) is 12.0. The van der Waals surface area contributed by atoms with E-state index in [0.29, 0.717) is 0 Å². The second kappa shape index (κ2) is 5.49. The molecule has 0 nitrogen and oxygen atoms in total. The lowest BCUT2D eigenvalue weighted by Crippen LogP contribution is -2.10. The molecule has 0 unspecified atom stereocenters. The van der Waals surface area contributed by atoms with Crippen molar-refractivity contribution >= 4 is 21.5 Å². The highest BCUT2D eigenvalue weighted by Gasteiger charge is 2.13. The number of benzene rings is 4. The summed E-state index contributed by atoms with van der Waals surface area (Å²) in [6, 6.07) is 28.8. The highest BCUT2D eigenvalue weighted by Crippen LogP contribution is 2.33. The van der Waals surface area contributed by atoms with Crippen molar-refractivity contribution < 1.29 is 0 Å². The molecule has 4 aromatic carbocycles. The van der Waals surface area contributed by atoms with Crippen LogP contribution in [0.1, 0.15) is 26.3 Å². The SMILES string of the molecule is CC(C)(C)c1ccc(-c2cccc3cc4ccccc4cc23)cc1. The van der Waals surface area contributed by atoms with E-state index in [9.17, 15) is 0 Å². The van der Waals surface area contributed by atoms with E-state index in [1.54, 1.807) is 0 Å². The molecule has 0 aliphatic heterocycles. The first-order valence-electron chi connectivity index (χ1n) is 8.55. The molecular formula is C24H22. The van der Waals surface area contributed by atoms with E-state index in [0.717, 1.165) is 0 Å². The number of rotatable bonds is 1. The van der Waals surface area contributed by atoms with Crippen molar-refractivity contribution in [3.8, 4) is 11.1 Å². The summed E-state index contributed by atoms with van der Waals surface area (Å²) in [5.41, 5.74) is 4.15. The molecule has 0 radical (unpaired) electrons. The molecule has 0 bridgehead atoms. The molecule has 0 aliphatic rings. The smallest absolute Gasteiger partial charge is 0.00990 e. The van der Waals surface area contributed by atoms with E-state index in [-0.39, 0.29) is 5.41 Å². The van der Waals surface area contributed by atoms with Gasteiger partial charge in [0.1, 0.15) is 0 Å². The van der Waals surface area contributed by atoms with Crippen molar-refractivity contribution in [2.24, 2.45) is 0 Å². The van der Waals surface area contributed by atoms with Gasteiger partial charge in [0, 0.05) is 0 Å². The Hall–Kier alpha value is -2.60. The molecule has 0 heteroatoms. The van der Waals surface area contributed by atoms with E-state index >= 15 is 0 Å². The topological polar surface area (TPSA) is 0 Å². The second-order valence-corrected chi connectivity index (χ2v) is 7.55. The number of hydrogen-bond donors (Lipinski definition) is 0. The quantitative estimate of drug-likeness (QED) is 0.333. The van der Waals surface area contributed by atoms with Crippen LogP contribution in [-0.4, -0.2) is 0 Å². The summed E-state index contributed by atoms with van der Waals surface area (Å²) in [6.07, 6.45) is 0. The molecule has 0 amide bonds. The largest absolute Gasteiger partial charge is 0.0616 e. The van der Waals surface area contributed by atoms with Crippen LogP contribution in [0.2, 0.25) is 0 Å². The van der Waals surface area contributed by atoms with Gasteiger partial charge in [-0.25, -0.2) is 0 Å². The van der Waals surface area contributed by atoms with Crippen LogP contribution in [0.15, 0.2) is 78.9 Å². The van der Waals surface area contributed by atoms with Gasteiger partial charge in [-0.05, 0) is 55.8 Å². The first-order chi connectivity index (χ1) is 11.5. The van der Waals surface area contributed by atoms with Gasteiger partial charge in [0.05, 0.1) is 0 Å². The van der Waals surface area contributed by atoms with Crippen LogP contribution >= 0.6 is 0 Å². The highest BCUT2D eigenvalue weighted by molar-refractivity contribution is 6.04. The summed E-state index contributed by atoms with van der Waals surface area (Å²) in [5.74, 6) is 0. The van der Waals surface area contributed by atoms with Crippen LogP contribution in [0, 0.1) is 0 Å². The summed E-state index contributed by atoms with van der Waals surface area (Å²) in [5, 5.41) is 5.21. The van der Waals surface area contributed by atoms with Gasteiger partial charge in [-0.2, -0.15) is 0 Å². The van der Waals surface area contributed by atoms with Gasteiger partial charge in [0.2, 0.25) is 0 Å². The molecule has 0 aromatic heterocycles. The van der Waals surface area contributed by atoms with Crippen molar-refractivity contribution in [1.82, 2.24) is 0 Å². The maximum Gasteiger partial charge on any atom is -0.00990 e. The molecule has 0 spiro atoms. The first-order valence-corrected chi connectivity index (χ1v) is 8.55. The van der Waals surface area contributed by atoms with Gasteiger partial charge in [-0.1, -0.05) is 87.5 Å². The van der Waals surface area contributed by atoms with Gasteiger partial charge >= 0.3 is 0 Å². The zero-order valence-electron chi connectivity index (χ0n) is 14.5. The minimum absolute atomic E-state index is 0.188. The summed E-state index contributed by atoms with van der Waals surface area (Å²) < 4.78 is 0. The fraction of sp³-hybridized carbons (Fsp3) is 0.167. The molecule has 0 fully saturated rings. The predicted molar refractivity (Wildman–Crippen MR) is 106 cm³/mol. The van der Waals surface area contributed by atoms with E-state index in [4.69, 9.17) is 0 Å². The summed E-state index contributed by atoms with van der Waals surface area (Å²) in [4.78, 5) is 0. The molecule has 0 saturated heterocycles. The molecule has 0 atom stereocenters. The fourth-order valence-electron chi connectivity index (χ4n) is 3.37. The van der Waals surface area contributed by atoms with E-state index < -0.39 is 0 Å². The molecule has 0 saturated carbocycles. The van der Waals surface area contributed by atoms with Crippen LogP contribution in [0.25, 0.3) is 32.7 Å². The van der Waals surface area contributed by atoms with E-state index in [2.05, 4.69) is 99.6 Å². The molecule has 24 heavy (non-hydrogen) atoms. The Bertz CT molecular complexity index is 1020. The van der Waals surface area contributed by atoms with E-state index in [1.165, 1.54) is 38.2 Å². The Morgan fingerprint density at radius 3 is 1.88 bits per heavy atom. The van der Waals surface area contributed by atoms with Crippen LogP contribution in [0.3, 0.4) is 0 Å². The van der Waals surface area contributed by atoms with Gasteiger partial charge in [0.25, 0.3) is 0 Å². The van der Waals surface area contributed by atoms with Crippen molar-refractivity contribution in [1.29, 1.82) is 0 Å². The predicted octanol–water partition coefficient (Wildman–Crippen LogP) is 6.96.